The van der Waals surface area contributed by atoms with E-state index in [1.165, 1.54) is 6.92 Å². The second-order valence-corrected chi connectivity index (χ2v) is 5.14. The normalized spacial score (nSPS) is 11.7. The second kappa shape index (κ2) is 6.39. The van der Waals surface area contributed by atoms with Crippen LogP contribution in [0.25, 0.3) is 0 Å². The molecule has 6 heteroatoms. The molecule has 0 spiro atoms. The maximum Gasteiger partial charge on any atom is 0.339 e. The lowest BCUT2D eigenvalue weighted by Gasteiger charge is -2.13. The summed E-state index contributed by atoms with van der Waals surface area (Å²) in [5, 5.41) is 28.0. The highest BCUT2D eigenvalue weighted by molar-refractivity contribution is 6.01. The fourth-order valence-electron chi connectivity index (χ4n) is 1.96. The quantitative estimate of drug-likeness (QED) is 0.455. The molecule has 0 unspecified atom stereocenters. The topological polar surface area (TPSA) is 104 Å². The van der Waals surface area contributed by atoms with Gasteiger partial charge >= 0.3 is 5.97 Å². The predicted molar refractivity (Wildman–Crippen MR) is 81.8 cm³/mol. The molecule has 23 heavy (non-hydrogen) atoms. The maximum atomic E-state index is 12.2. The number of ether oxygens (including phenoxy) is 1. The third kappa shape index (κ3) is 3.60. The van der Waals surface area contributed by atoms with Crippen molar-refractivity contribution in [2.45, 2.75) is 20.0 Å². The Kier molecular flexibility index (Phi) is 4.55. The molecule has 0 heterocycles. The molecule has 0 aromatic heterocycles. The molecule has 2 aromatic carbocycles. The zero-order valence-electron chi connectivity index (χ0n) is 12.6. The molecule has 0 radical (unpaired) electrons. The van der Waals surface area contributed by atoms with Gasteiger partial charge in [0, 0.05) is 5.56 Å². The number of carbonyl (C=O) groups is 2. The molecule has 2 aromatic rings. The summed E-state index contributed by atoms with van der Waals surface area (Å²) < 4.78 is 5.04. The number of phenols is 3. The number of aromatic hydroxyl groups is 3. The lowest BCUT2D eigenvalue weighted by atomic mass is 10.1. The molecule has 0 aliphatic heterocycles. The third-order valence-corrected chi connectivity index (χ3v) is 3.29. The first-order valence-electron chi connectivity index (χ1n) is 6.86. The van der Waals surface area contributed by atoms with Crippen molar-refractivity contribution in [2.24, 2.45) is 0 Å². The molecule has 2 rings (SSSR count). The molecule has 0 bridgehead atoms. The minimum Gasteiger partial charge on any atom is -0.504 e. The number of ketones is 1. The van der Waals surface area contributed by atoms with Gasteiger partial charge < -0.3 is 20.1 Å². The minimum absolute atomic E-state index is 0.179. The van der Waals surface area contributed by atoms with Gasteiger partial charge in [0.25, 0.3) is 0 Å². The first kappa shape index (κ1) is 16.4. The van der Waals surface area contributed by atoms with Gasteiger partial charge in [-0.15, -0.1) is 0 Å². The van der Waals surface area contributed by atoms with Gasteiger partial charge in [0.05, 0.1) is 5.56 Å². The van der Waals surface area contributed by atoms with Crippen molar-refractivity contribution in [2.75, 3.05) is 0 Å². The van der Waals surface area contributed by atoms with Gasteiger partial charge in [-0.1, -0.05) is 29.8 Å². The molecule has 0 aliphatic carbocycles. The van der Waals surface area contributed by atoms with E-state index in [0.717, 1.165) is 17.7 Å². The molecular weight excluding hydrogens is 300 g/mol. The highest BCUT2D eigenvalue weighted by Crippen LogP contribution is 2.35. The molecule has 0 saturated carbocycles. The summed E-state index contributed by atoms with van der Waals surface area (Å²) in [5.74, 6) is -3.32. The van der Waals surface area contributed by atoms with Gasteiger partial charge in [-0.05, 0) is 26.0 Å². The number of hydrogen-bond donors (Lipinski definition) is 3. The fourth-order valence-corrected chi connectivity index (χ4v) is 1.96. The zero-order chi connectivity index (χ0) is 17.1. The van der Waals surface area contributed by atoms with Crippen molar-refractivity contribution in [3.8, 4) is 17.2 Å². The van der Waals surface area contributed by atoms with Crippen molar-refractivity contribution in [3.63, 3.8) is 0 Å². The lowest BCUT2D eigenvalue weighted by molar-refractivity contribution is 0.0318. The summed E-state index contributed by atoms with van der Waals surface area (Å²) in [4.78, 5) is 24.2. The van der Waals surface area contributed by atoms with Crippen LogP contribution in [0.15, 0.2) is 36.4 Å². The number of aryl methyl sites for hydroxylation is 1. The van der Waals surface area contributed by atoms with Crippen molar-refractivity contribution >= 4 is 11.8 Å². The Hall–Kier alpha value is -3.02. The van der Waals surface area contributed by atoms with Crippen LogP contribution >= 0.6 is 0 Å². The van der Waals surface area contributed by atoms with Gasteiger partial charge in [-0.2, -0.15) is 0 Å². The molecule has 3 N–H and O–H groups in total. The zero-order valence-corrected chi connectivity index (χ0v) is 12.6. The van der Waals surface area contributed by atoms with Crippen LogP contribution in [-0.2, 0) is 4.74 Å². The number of carbonyl (C=O) groups excluding carboxylic acids is 2. The number of benzene rings is 2. The van der Waals surface area contributed by atoms with E-state index in [-0.39, 0.29) is 11.3 Å². The Morgan fingerprint density at radius 1 is 0.957 bits per heavy atom. The Morgan fingerprint density at radius 2 is 1.48 bits per heavy atom. The van der Waals surface area contributed by atoms with E-state index in [1.807, 2.05) is 6.92 Å². The van der Waals surface area contributed by atoms with E-state index in [1.54, 1.807) is 24.3 Å². The lowest BCUT2D eigenvalue weighted by Crippen LogP contribution is -2.24. The molecule has 0 aliphatic rings. The SMILES string of the molecule is Cc1ccc(C(=O)[C@@H](C)OC(=O)c2cc(O)c(O)c(O)c2)cc1. The summed E-state index contributed by atoms with van der Waals surface area (Å²) in [6, 6.07) is 8.72. The monoisotopic (exact) mass is 316 g/mol. The molecule has 0 amide bonds. The molecule has 1 atom stereocenters. The van der Waals surface area contributed by atoms with Crippen LogP contribution in [-0.4, -0.2) is 33.2 Å². The van der Waals surface area contributed by atoms with Crippen LogP contribution in [0.2, 0.25) is 0 Å². The van der Waals surface area contributed by atoms with Crippen LogP contribution in [0, 0.1) is 6.92 Å². The van der Waals surface area contributed by atoms with Crippen LogP contribution in [0.4, 0.5) is 0 Å². The number of phenolic OH excluding ortho intramolecular Hbond substituents is 3. The van der Waals surface area contributed by atoms with E-state index >= 15 is 0 Å². The smallest absolute Gasteiger partial charge is 0.339 e. The van der Waals surface area contributed by atoms with Gasteiger partial charge in [0.15, 0.2) is 23.4 Å². The fraction of sp³-hybridized carbons (Fsp3) is 0.176. The average molecular weight is 316 g/mol. The molecule has 6 nitrogen and oxygen atoms in total. The maximum absolute atomic E-state index is 12.2. The minimum atomic E-state index is -1.04. The van der Waals surface area contributed by atoms with Crippen LogP contribution in [0.1, 0.15) is 33.2 Å². The molecule has 0 fully saturated rings. The first-order chi connectivity index (χ1) is 10.8. The van der Waals surface area contributed by atoms with Crippen molar-refractivity contribution in [1.82, 2.24) is 0 Å². The second-order valence-electron chi connectivity index (χ2n) is 5.14. The number of hydrogen-bond acceptors (Lipinski definition) is 6. The van der Waals surface area contributed by atoms with Crippen molar-refractivity contribution in [1.29, 1.82) is 0 Å². The van der Waals surface area contributed by atoms with Crippen molar-refractivity contribution < 1.29 is 29.6 Å². The van der Waals surface area contributed by atoms with Crippen molar-refractivity contribution in [3.05, 3.63) is 53.1 Å². The summed E-state index contributed by atoms with van der Waals surface area (Å²) in [6.07, 6.45) is -1.04. The van der Waals surface area contributed by atoms with E-state index in [0.29, 0.717) is 5.56 Å². The molecule has 0 saturated heterocycles. The average Bonchev–Trinajstić information content (AvgIpc) is 2.52. The Bertz CT molecular complexity index is 725. The van der Waals surface area contributed by atoms with E-state index in [2.05, 4.69) is 0 Å². The van der Waals surface area contributed by atoms with Crippen LogP contribution < -0.4 is 0 Å². The molecule has 120 valence electrons. The highest BCUT2D eigenvalue weighted by Gasteiger charge is 2.22. The first-order valence-corrected chi connectivity index (χ1v) is 6.86. The van der Waals surface area contributed by atoms with Crippen LogP contribution in [0.3, 0.4) is 0 Å². The predicted octanol–water partition coefficient (Wildman–Crippen LogP) is 2.54. The summed E-state index contributed by atoms with van der Waals surface area (Å²) in [7, 11) is 0. The van der Waals surface area contributed by atoms with Gasteiger partial charge in [-0.25, -0.2) is 4.79 Å². The van der Waals surface area contributed by atoms with Gasteiger partial charge in [-0.3, -0.25) is 4.79 Å². The number of Topliss-reactive ketones (excluding diaryl/α,β-unsaturated/α-hetero) is 1. The van der Waals surface area contributed by atoms with E-state index in [4.69, 9.17) is 4.74 Å². The Labute approximate surface area is 132 Å². The summed E-state index contributed by atoms with van der Waals surface area (Å²) in [6.45, 7) is 3.32. The van der Waals surface area contributed by atoms with E-state index < -0.39 is 29.3 Å². The van der Waals surface area contributed by atoms with Gasteiger partial charge in [0.2, 0.25) is 5.78 Å². The number of rotatable bonds is 4. The summed E-state index contributed by atoms with van der Waals surface area (Å²) >= 11 is 0. The third-order valence-electron chi connectivity index (χ3n) is 3.29. The summed E-state index contributed by atoms with van der Waals surface area (Å²) in [5.41, 5.74) is 1.23. The Morgan fingerprint density at radius 3 is 2.00 bits per heavy atom. The Balaban J connectivity index is 2.13. The number of esters is 1. The van der Waals surface area contributed by atoms with Gasteiger partial charge in [0.1, 0.15) is 0 Å². The largest absolute Gasteiger partial charge is 0.504 e. The van der Waals surface area contributed by atoms with Crippen LogP contribution in [0.5, 0.6) is 17.2 Å². The standard InChI is InChI=1S/C17H16O6/c1-9-3-5-11(6-4-9)15(20)10(2)23-17(22)12-7-13(18)16(21)14(19)8-12/h3-8,10,18-19,21H,1-2H3/t10-/m1/s1. The molecular formula is C17H16O6. The highest BCUT2D eigenvalue weighted by atomic mass is 16.5. The van der Waals surface area contributed by atoms with E-state index in [9.17, 15) is 24.9 Å².